The Balaban J connectivity index is 2.04. The SMILES string of the molecule is CB(O)NCCCC[C@H](CC(=O)[C@@H](NC(=O)CCOCCOCCOCCOCCNC(=O)CCN1C(=O)C=CC1=O)C(C)C)C(=O)O. The first kappa shape index (κ1) is 42.8. The average molecular weight is 685 g/mol. The lowest BCUT2D eigenvalue weighted by molar-refractivity contribution is -0.144. The number of ether oxygens (including phenoxy) is 4. The Kier molecular flexibility index (Phi) is 23.0. The van der Waals surface area contributed by atoms with Crippen molar-refractivity contribution < 1.29 is 57.8 Å². The first-order chi connectivity index (χ1) is 22.9. The number of hydrogen-bond acceptors (Lipinski definition) is 12. The van der Waals surface area contributed by atoms with Gasteiger partial charge in [-0.3, -0.25) is 33.7 Å². The van der Waals surface area contributed by atoms with Crippen molar-refractivity contribution in [2.75, 3.05) is 72.5 Å². The number of unbranched alkanes of at least 4 members (excludes halogenated alkanes) is 1. The molecule has 1 aliphatic rings. The third-order valence-corrected chi connectivity index (χ3v) is 7.17. The van der Waals surface area contributed by atoms with Crippen molar-refractivity contribution in [3.63, 3.8) is 0 Å². The maximum atomic E-state index is 12.9. The number of carbonyl (C=O) groups is 6. The molecule has 1 aliphatic heterocycles. The van der Waals surface area contributed by atoms with Gasteiger partial charge in [0.1, 0.15) is 0 Å². The molecule has 0 radical (unpaired) electrons. The maximum Gasteiger partial charge on any atom is 0.373 e. The van der Waals surface area contributed by atoms with Crippen molar-refractivity contribution in [1.82, 2.24) is 20.8 Å². The number of nitrogens with zero attached hydrogens (tertiary/aromatic N) is 1. The first-order valence-corrected chi connectivity index (χ1v) is 16.5. The van der Waals surface area contributed by atoms with E-state index in [1.807, 2.05) is 0 Å². The molecule has 0 aromatic carbocycles. The largest absolute Gasteiger partial charge is 0.481 e. The summed E-state index contributed by atoms with van der Waals surface area (Å²) in [6.45, 7) is 8.41. The van der Waals surface area contributed by atoms with Crippen LogP contribution in [0.25, 0.3) is 0 Å². The van der Waals surface area contributed by atoms with Crippen LogP contribution in [0.3, 0.4) is 0 Å². The summed E-state index contributed by atoms with van der Waals surface area (Å²) in [5.74, 6) is -3.89. The number of aliphatic carboxylic acids is 1. The molecule has 0 aliphatic carbocycles. The van der Waals surface area contributed by atoms with Gasteiger partial charge in [-0.2, -0.15) is 0 Å². The quantitative estimate of drug-likeness (QED) is 0.0368. The van der Waals surface area contributed by atoms with E-state index in [0.717, 1.165) is 4.90 Å². The number of nitrogens with one attached hydrogen (secondary N) is 3. The fourth-order valence-corrected chi connectivity index (χ4v) is 4.52. The van der Waals surface area contributed by atoms with E-state index in [9.17, 15) is 38.9 Å². The molecule has 0 unspecified atom stereocenters. The van der Waals surface area contributed by atoms with Gasteiger partial charge < -0.3 is 44.9 Å². The molecule has 0 bridgehead atoms. The fraction of sp³-hybridized carbons (Fsp3) is 0.742. The predicted octanol–water partition coefficient (Wildman–Crippen LogP) is -0.455. The first-order valence-electron chi connectivity index (χ1n) is 16.5. The lowest BCUT2D eigenvalue weighted by Crippen LogP contribution is -2.45. The van der Waals surface area contributed by atoms with E-state index in [4.69, 9.17) is 18.9 Å². The standard InChI is InChI=1S/C31H53BN4O12/c1-23(2)30(25(37)22-24(31(42)43)6-4-5-11-34-32(3)44)35-27(39)10-14-45-16-18-47-20-21-48-19-17-46-15-12-33-26(38)9-13-36-28(40)7-8-29(36)41/h7-8,23-24,30,34,44H,4-6,9-22H2,1-3H3,(H,33,38)(H,35,39)(H,42,43)/t24-,30+/m1/s1. The van der Waals surface area contributed by atoms with Crippen LogP contribution in [0.4, 0.5) is 0 Å². The van der Waals surface area contributed by atoms with Crippen LogP contribution in [0, 0.1) is 11.8 Å². The van der Waals surface area contributed by atoms with E-state index < -0.39 is 36.8 Å². The zero-order valence-corrected chi connectivity index (χ0v) is 28.4. The van der Waals surface area contributed by atoms with Crippen molar-refractivity contribution >= 4 is 42.4 Å². The number of carbonyl (C=O) groups excluding carboxylic acids is 5. The van der Waals surface area contributed by atoms with Crippen LogP contribution in [-0.4, -0.2) is 136 Å². The van der Waals surface area contributed by atoms with Crippen LogP contribution >= 0.6 is 0 Å². The lowest BCUT2D eigenvalue weighted by Gasteiger charge is -2.23. The average Bonchev–Trinajstić information content (AvgIpc) is 3.35. The molecular weight excluding hydrogens is 631 g/mol. The van der Waals surface area contributed by atoms with Crippen molar-refractivity contribution in [2.45, 2.75) is 65.2 Å². The highest BCUT2D eigenvalue weighted by Crippen LogP contribution is 2.17. The number of carboxylic acids is 1. The maximum absolute atomic E-state index is 12.9. The van der Waals surface area contributed by atoms with Gasteiger partial charge in [-0.05, 0) is 32.1 Å². The minimum atomic E-state index is -1.04. The number of amides is 4. The number of ketones is 1. The van der Waals surface area contributed by atoms with Crippen LogP contribution in [-0.2, 0) is 47.7 Å². The number of rotatable bonds is 30. The molecule has 5 N–H and O–H groups in total. The second-order valence-corrected chi connectivity index (χ2v) is 11.6. The van der Waals surface area contributed by atoms with Gasteiger partial charge in [0.2, 0.25) is 11.8 Å². The predicted molar refractivity (Wildman–Crippen MR) is 175 cm³/mol. The highest BCUT2D eigenvalue weighted by atomic mass is 16.6. The Morgan fingerprint density at radius 3 is 1.92 bits per heavy atom. The Hall–Kier alpha value is -3.22. The van der Waals surface area contributed by atoms with Gasteiger partial charge in [-0.25, -0.2) is 0 Å². The molecule has 0 saturated heterocycles. The van der Waals surface area contributed by atoms with Crippen LogP contribution in [0.5, 0.6) is 0 Å². The Labute approximate surface area is 282 Å². The van der Waals surface area contributed by atoms with Crippen molar-refractivity contribution in [3.8, 4) is 0 Å². The number of carboxylic acid groups (broad SMARTS) is 1. The van der Waals surface area contributed by atoms with Gasteiger partial charge in [0.15, 0.2) is 5.78 Å². The molecule has 17 heteroatoms. The third-order valence-electron chi connectivity index (χ3n) is 7.17. The lowest BCUT2D eigenvalue weighted by atomic mass is 9.88. The molecule has 16 nitrogen and oxygen atoms in total. The zero-order chi connectivity index (χ0) is 35.7. The minimum Gasteiger partial charge on any atom is -0.481 e. The second kappa shape index (κ2) is 25.8. The molecule has 1 rings (SSSR count). The van der Waals surface area contributed by atoms with Crippen LogP contribution < -0.4 is 15.9 Å². The normalized spacial score (nSPS) is 14.0. The summed E-state index contributed by atoms with van der Waals surface area (Å²) in [6.07, 6.45) is 3.84. The Bertz CT molecular complexity index is 1020. The molecule has 0 aromatic heterocycles. The van der Waals surface area contributed by atoms with E-state index in [-0.39, 0.29) is 69.1 Å². The van der Waals surface area contributed by atoms with Gasteiger partial charge in [0, 0.05) is 44.5 Å². The van der Waals surface area contributed by atoms with E-state index in [0.29, 0.717) is 65.4 Å². The highest BCUT2D eigenvalue weighted by Gasteiger charge is 2.29. The number of hydrogen-bond donors (Lipinski definition) is 5. The van der Waals surface area contributed by atoms with Gasteiger partial charge in [0.05, 0.1) is 64.8 Å². The molecule has 4 amide bonds. The monoisotopic (exact) mass is 684 g/mol. The summed E-state index contributed by atoms with van der Waals surface area (Å²) in [4.78, 5) is 72.7. The van der Waals surface area contributed by atoms with Crippen LogP contribution in [0.15, 0.2) is 12.2 Å². The minimum absolute atomic E-state index is 0.0226. The fourth-order valence-electron chi connectivity index (χ4n) is 4.52. The van der Waals surface area contributed by atoms with Gasteiger partial charge in [-0.1, -0.05) is 20.3 Å². The summed E-state index contributed by atoms with van der Waals surface area (Å²) in [6, 6.07) is -0.790. The number of imide groups is 1. The highest BCUT2D eigenvalue weighted by molar-refractivity contribution is 6.45. The molecule has 0 aromatic rings. The van der Waals surface area contributed by atoms with Crippen LogP contribution in [0.2, 0.25) is 6.82 Å². The van der Waals surface area contributed by atoms with Crippen LogP contribution in [0.1, 0.15) is 52.4 Å². The number of Topliss-reactive ketones (excluding diaryl/α,β-unsaturated/α-hetero) is 1. The second-order valence-electron chi connectivity index (χ2n) is 11.6. The van der Waals surface area contributed by atoms with Gasteiger partial charge in [-0.15, -0.1) is 0 Å². The van der Waals surface area contributed by atoms with E-state index in [1.165, 1.54) is 12.2 Å². The van der Waals surface area contributed by atoms with Crippen molar-refractivity contribution in [2.24, 2.45) is 11.8 Å². The van der Waals surface area contributed by atoms with E-state index >= 15 is 0 Å². The molecule has 0 fully saturated rings. The molecule has 0 saturated carbocycles. The van der Waals surface area contributed by atoms with Crippen molar-refractivity contribution in [3.05, 3.63) is 12.2 Å². The summed E-state index contributed by atoms with van der Waals surface area (Å²) in [5.41, 5.74) is 0. The Morgan fingerprint density at radius 1 is 0.812 bits per heavy atom. The summed E-state index contributed by atoms with van der Waals surface area (Å²) >= 11 is 0. The topological polar surface area (TPSA) is 219 Å². The molecule has 1 heterocycles. The van der Waals surface area contributed by atoms with E-state index in [2.05, 4.69) is 15.9 Å². The van der Waals surface area contributed by atoms with E-state index in [1.54, 1.807) is 20.7 Å². The summed E-state index contributed by atoms with van der Waals surface area (Å²) in [5, 5.41) is 27.0. The molecule has 0 spiro atoms. The van der Waals surface area contributed by atoms with Gasteiger partial charge in [0.25, 0.3) is 11.8 Å². The Morgan fingerprint density at radius 2 is 1.38 bits per heavy atom. The third kappa shape index (κ3) is 20.2. The summed E-state index contributed by atoms with van der Waals surface area (Å²) in [7, 11) is -0.635. The smallest absolute Gasteiger partial charge is 0.373 e. The summed E-state index contributed by atoms with van der Waals surface area (Å²) < 4.78 is 21.6. The molecule has 272 valence electrons. The molecule has 2 atom stereocenters. The molecule has 48 heavy (non-hydrogen) atoms. The zero-order valence-electron chi connectivity index (χ0n) is 28.4. The van der Waals surface area contributed by atoms with Gasteiger partial charge >= 0.3 is 13.0 Å². The van der Waals surface area contributed by atoms with Crippen molar-refractivity contribution in [1.29, 1.82) is 0 Å². The molecular formula is C31H53BN4O12.